The van der Waals surface area contributed by atoms with Gasteiger partial charge in [0.15, 0.2) is 0 Å². The van der Waals surface area contributed by atoms with Gasteiger partial charge in [0, 0.05) is 24.2 Å². The van der Waals surface area contributed by atoms with Crippen molar-refractivity contribution in [3.05, 3.63) is 77.2 Å². The average Bonchev–Trinajstić information content (AvgIpc) is 3.29. The number of ether oxygens (including phenoxy) is 1. The summed E-state index contributed by atoms with van der Waals surface area (Å²) in [6, 6.07) is 10.3. The number of nitrogens with zero attached hydrogens (tertiary/aromatic N) is 2. The highest BCUT2D eigenvalue weighted by Gasteiger charge is 2.24. The molecular formula is C25H25F3N4O5. The second kappa shape index (κ2) is 12.6. The van der Waals surface area contributed by atoms with Gasteiger partial charge >= 0.3 is 12.1 Å². The Morgan fingerprint density at radius 2 is 1.86 bits per heavy atom. The number of hydrogen-bond donors (Lipinski definition) is 3. The molecule has 12 heteroatoms. The first-order chi connectivity index (χ1) is 17.7. The molecule has 0 aliphatic heterocycles. The number of carbonyl (C=O) groups is 3. The molecule has 3 aromatic rings. The molecule has 0 fully saturated rings. The van der Waals surface area contributed by atoms with E-state index in [0.29, 0.717) is 18.5 Å². The molecule has 0 saturated heterocycles. The van der Waals surface area contributed by atoms with Crippen LogP contribution in [0, 0.1) is 5.82 Å². The summed E-state index contributed by atoms with van der Waals surface area (Å²) in [5.41, 5.74) is 0.0558. The Kier molecular flexibility index (Phi) is 9.25. The quantitative estimate of drug-likeness (QED) is 0.351. The lowest BCUT2D eigenvalue weighted by Gasteiger charge is -2.16. The van der Waals surface area contributed by atoms with Crippen molar-refractivity contribution < 1.29 is 37.4 Å². The van der Waals surface area contributed by atoms with Crippen LogP contribution in [0.2, 0.25) is 0 Å². The maximum Gasteiger partial charge on any atom is 0.408 e. The lowest BCUT2D eigenvalue weighted by Crippen LogP contribution is -2.48. The largest absolute Gasteiger partial charge is 0.480 e. The summed E-state index contributed by atoms with van der Waals surface area (Å²) in [7, 11) is 0. The van der Waals surface area contributed by atoms with E-state index in [-0.39, 0.29) is 23.4 Å². The van der Waals surface area contributed by atoms with Gasteiger partial charge in [-0.1, -0.05) is 37.3 Å². The summed E-state index contributed by atoms with van der Waals surface area (Å²) in [6.07, 6.45) is -2.30. The minimum absolute atomic E-state index is 0.0170. The highest BCUT2D eigenvalue weighted by Crippen LogP contribution is 2.32. The fourth-order valence-corrected chi connectivity index (χ4v) is 3.52. The normalized spacial score (nSPS) is 11.7. The van der Waals surface area contributed by atoms with Crippen molar-refractivity contribution in [2.75, 3.05) is 6.54 Å². The predicted octanol–water partition coefficient (Wildman–Crippen LogP) is 4.15. The van der Waals surface area contributed by atoms with Crippen LogP contribution in [0.4, 0.5) is 18.0 Å². The van der Waals surface area contributed by atoms with Crippen molar-refractivity contribution in [2.45, 2.75) is 39.0 Å². The fraction of sp³-hybridized carbons (Fsp3) is 0.280. The number of carboxylic acid groups (broad SMARTS) is 1. The van der Waals surface area contributed by atoms with Crippen LogP contribution < -0.4 is 10.6 Å². The molecule has 3 rings (SSSR count). The molecule has 0 spiro atoms. The van der Waals surface area contributed by atoms with Crippen molar-refractivity contribution in [3.63, 3.8) is 0 Å². The zero-order chi connectivity index (χ0) is 26.9. The summed E-state index contributed by atoms with van der Waals surface area (Å²) >= 11 is 0. The SMILES string of the molecule is CCCn1ncc(C(F)F)c1-c1cc(F)cc(C(=O)NCC(NC(=O)OCc2ccccc2)C(=O)O)c1. The van der Waals surface area contributed by atoms with Gasteiger partial charge in [0.2, 0.25) is 0 Å². The molecule has 1 aromatic heterocycles. The molecule has 2 amide bonds. The molecular weight excluding hydrogens is 493 g/mol. The van der Waals surface area contributed by atoms with Gasteiger partial charge in [-0.05, 0) is 30.2 Å². The van der Waals surface area contributed by atoms with E-state index in [1.54, 1.807) is 30.3 Å². The smallest absolute Gasteiger partial charge is 0.408 e. The highest BCUT2D eigenvalue weighted by molar-refractivity contribution is 5.96. The van der Waals surface area contributed by atoms with E-state index in [1.807, 2.05) is 6.92 Å². The lowest BCUT2D eigenvalue weighted by atomic mass is 10.0. The van der Waals surface area contributed by atoms with Crippen molar-refractivity contribution in [3.8, 4) is 11.3 Å². The van der Waals surface area contributed by atoms with Gasteiger partial charge in [0.1, 0.15) is 18.5 Å². The van der Waals surface area contributed by atoms with Gasteiger partial charge in [-0.25, -0.2) is 22.8 Å². The molecule has 3 N–H and O–H groups in total. The summed E-state index contributed by atoms with van der Waals surface area (Å²) < 4.78 is 47.8. The molecule has 2 aromatic carbocycles. The third-order valence-electron chi connectivity index (χ3n) is 5.24. The van der Waals surface area contributed by atoms with E-state index < -0.39 is 48.4 Å². The Labute approximate surface area is 210 Å². The number of benzene rings is 2. The molecule has 0 radical (unpaired) electrons. The number of carbonyl (C=O) groups excluding carboxylic acids is 2. The Morgan fingerprint density at radius 1 is 1.14 bits per heavy atom. The van der Waals surface area contributed by atoms with Gasteiger partial charge in [-0.3, -0.25) is 9.48 Å². The van der Waals surface area contributed by atoms with Gasteiger partial charge in [0.25, 0.3) is 12.3 Å². The number of hydrogen-bond acceptors (Lipinski definition) is 5. The maximum absolute atomic E-state index is 14.4. The van der Waals surface area contributed by atoms with E-state index in [9.17, 15) is 32.7 Å². The first kappa shape index (κ1) is 27.2. The van der Waals surface area contributed by atoms with E-state index in [2.05, 4.69) is 15.7 Å². The van der Waals surface area contributed by atoms with Crippen molar-refractivity contribution >= 4 is 18.0 Å². The van der Waals surface area contributed by atoms with Crippen LogP contribution in [0.3, 0.4) is 0 Å². The molecule has 9 nitrogen and oxygen atoms in total. The maximum atomic E-state index is 14.4. The number of rotatable bonds is 11. The molecule has 1 heterocycles. The van der Waals surface area contributed by atoms with Crippen LogP contribution in [0.5, 0.6) is 0 Å². The number of halogens is 3. The minimum Gasteiger partial charge on any atom is -0.480 e. The minimum atomic E-state index is -2.87. The van der Waals surface area contributed by atoms with Gasteiger partial charge in [0.05, 0.1) is 17.5 Å². The van der Waals surface area contributed by atoms with Crippen LogP contribution in [0.15, 0.2) is 54.7 Å². The Balaban J connectivity index is 1.70. The first-order valence-electron chi connectivity index (χ1n) is 11.3. The molecule has 1 atom stereocenters. The Bertz CT molecular complexity index is 1250. The zero-order valence-electron chi connectivity index (χ0n) is 19.8. The highest BCUT2D eigenvalue weighted by atomic mass is 19.3. The van der Waals surface area contributed by atoms with Gasteiger partial charge in [-0.2, -0.15) is 5.10 Å². The molecule has 196 valence electrons. The molecule has 37 heavy (non-hydrogen) atoms. The number of nitrogens with one attached hydrogen (secondary N) is 2. The first-order valence-corrected chi connectivity index (χ1v) is 11.3. The zero-order valence-corrected chi connectivity index (χ0v) is 19.8. The van der Waals surface area contributed by atoms with Crippen LogP contribution >= 0.6 is 0 Å². The summed E-state index contributed by atoms with van der Waals surface area (Å²) in [4.78, 5) is 36.3. The van der Waals surface area contributed by atoms with E-state index >= 15 is 0 Å². The third kappa shape index (κ3) is 7.32. The van der Waals surface area contributed by atoms with Crippen LogP contribution in [0.25, 0.3) is 11.3 Å². The molecule has 0 aliphatic carbocycles. The average molecular weight is 518 g/mol. The van der Waals surface area contributed by atoms with E-state index in [4.69, 9.17) is 4.74 Å². The molecule has 0 bridgehead atoms. The monoisotopic (exact) mass is 518 g/mol. The summed E-state index contributed by atoms with van der Waals surface area (Å²) in [6.45, 7) is 1.48. The molecule has 0 saturated carbocycles. The second-order valence-electron chi connectivity index (χ2n) is 8.01. The molecule has 1 unspecified atom stereocenters. The van der Waals surface area contributed by atoms with Crippen molar-refractivity contribution in [2.24, 2.45) is 0 Å². The van der Waals surface area contributed by atoms with E-state index in [0.717, 1.165) is 18.3 Å². The number of alkyl halides is 2. The standard InChI is InChI=1S/C25H25F3N4O5/c1-2-8-32-21(19(12-30-32)22(27)28)16-9-17(11-18(26)10-16)23(33)29-13-20(24(34)35)31-25(36)37-14-15-6-4-3-5-7-15/h3-7,9-12,20,22H,2,8,13-14H2,1H3,(H,29,33)(H,31,36)(H,34,35). The summed E-state index contributed by atoms with van der Waals surface area (Å²) in [5.74, 6) is -3.17. The second-order valence-corrected chi connectivity index (χ2v) is 8.01. The van der Waals surface area contributed by atoms with Crippen LogP contribution in [0.1, 0.15) is 41.3 Å². The Hall–Kier alpha value is -4.35. The van der Waals surface area contributed by atoms with Crippen LogP contribution in [-0.2, 0) is 22.7 Å². The topological polar surface area (TPSA) is 123 Å². The number of aliphatic carboxylic acids is 1. The van der Waals surface area contributed by atoms with E-state index in [1.165, 1.54) is 10.7 Å². The molecule has 0 aliphatic rings. The van der Waals surface area contributed by atoms with Gasteiger partial charge in [-0.15, -0.1) is 0 Å². The number of aromatic nitrogens is 2. The summed E-state index contributed by atoms with van der Waals surface area (Å²) in [5, 5.41) is 17.8. The predicted molar refractivity (Wildman–Crippen MR) is 126 cm³/mol. The van der Waals surface area contributed by atoms with Crippen LogP contribution in [-0.4, -0.2) is 45.4 Å². The number of amides is 2. The number of carboxylic acids is 1. The van der Waals surface area contributed by atoms with Crippen molar-refractivity contribution in [1.82, 2.24) is 20.4 Å². The van der Waals surface area contributed by atoms with Gasteiger partial charge < -0.3 is 20.5 Å². The number of aryl methyl sites for hydroxylation is 1. The van der Waals surface area contributed by atoms with Crippen molar-refractivity contribution in [1.29, 1.82) is 0 Å². The number of alkyl carbamates (subject to hydrolysis) is 1. The third-order valence-corrected chi connectivity index (χ3v) is 5.24. The Morgan fingerprint density at radius 3 is 2.51 bits per heavy atom. The lowest BCUT2D eigenvalue weighted by molar-refractivity contribution is -0.139. The fourth-order valence-electron chi connectivity index (χ4n) is 3.52.